The fourth-order valence-corrected chi connectivity index (χ4v) is 4.01. The third kappa shape index (κ3) is 7.06. The maximum atomic E-state index is 11.5. The molecule has 0 fully saturated rings. The highest BCUT2D eigenvalue weighted by atomic mass is 16.5. The van der Waals surface area contributed by atoms with Gasteiger partial charge in [0, 0.05) is 29.7 Å². The van der Waals surface area contributed by atoms with Gasteiger partial charge in [0.05, 0.1) is 12.2 Å². The fourth-order valence-electron chi connectivity index (χ4n) is 4.01. The summed E-state index contributed by atoms with van der Waals surface area (Å²) in [6, 6.07) is 0. The monoisotopic (exact) mass is 390 g/mol. The van der Waals surface area contributed by atoms with Crippen molar-refractivity contribution < 1.29 is 19.7 Å². The lowest BCUT2D eigenvalue weighted by Crippen LogP contribution is -2.37. The Labute approximate surface area is 170 Å². The summed E-state index contributed by atoms with van der Waals surface area (Å²) in [5, 5.41) is 21.3. The smallest absolute Gasteiger partial charge is 0.330 e. The number of hydrogen-bond donors (Lipinski definition) is 2. The van der Waals surface area contributed by atoms with E-state index in [9.17, 15) is 15.0 Å². The molecule has 0 saturated heterocycles. The van der Waals surface area contributed by atoms with Crippen LogP contribution in [0.15, 0.2) is 48.6 Å². The number of hydrogen-bond acceptors (Lipinski definition) is 4. The predicted molar refractivity (Wildman–Crippen MR) is 115 cm³/mol. The van der Waals surface area contributed by atoms with Crippen LogP contribution in [0.5, 0.6) is 0 Å². The lowest BCUT2D eigenvalue weighted by atomic mass is 9.81. The van der Waals surface area contributed by atoms with E-state index in [0.29, 0.717) is 0 Å². The summed E-state index contributed by atoms with van der Waals surface area (Å²) in [6.07, 6.45) is 10.3. The van der Waals surface area contributed by atoms with Crippen molar-refractivity contribution in [3.8, 4) is 0 Å². The van der Waals surface area contributed by atoms with Crippen molar-refractivity contribution in [3.63, 3.8) is 0 Å². The number of aliphatic hydroxyl groups is 2. The van der Waals surface area contributed by atoms with Crippen LogP contribution >= 0.6 is 0 Å². The number of cyclic esters (lactones) is 1. The van der Waals surface area contributed by atoms with Gasteiger partial charge < -0.3 is 14.9 Å². The van der Waals surface area contributed by atoms with Crippen LogP contribution in [-0.2, 0) is 9.53 Å². The third-order valence-corrected chi connectivity index (χ3v) is 5.77. The molecule has 1 aliphatic rings. The van der Waals surface area contributed by atoms with Crippen molar-refractivity contribution in [2.24, 2.45) is 29.6 Å². The van der Waals surface area contributed by atoms with Gasteiger partial charge in [-0.25, -0.2) is 4.79 Å². The summed E-state index contributed by atoms with van der Waals surface area (Å²) in [6.45, 7) is 15.6. The molecule has 4 nitrogen and oxygen atoms in total. The van der Waals surface area contributed by atoms with Gasteiger partial charge in [0.1, 0.15) is 6.10 Å². The van der Waals surface area contributed by atoms with Gasteiger partial charge in [-0.2, -0.15) is 0 Å². The lowest BCUT2D eigenvalue weighted by molar-refractivity contribution is -0.148. The molecule has 0 spiro atoms. The van der Waals surface area contributed by atoms with Crippen LogP contribution in [0.2, 0.25) is 0 Å². The molecule has 0 amide bonds. The van der Waals surface area contributed by atoms with Gasteiger partial charge in [0.25, 0.3) is 0 Å². The number of carbonyl (C=O) groups excluding carboxylic acids is 1. The van der Waals surface area contributed by atoms with Gasteiger partial charge in [0.15, 0.2) is 0 Å². The largest absolute Gasteiger partial charge is 0.458 e. The van der Waals surface area contributed by atoms with Crippen LogP contribution in [-0.4, -0.2) is 34.5 Å². The molecule has 8 atom stereocenters. The zero-order chi connectivity index (χ0) is 21.4. The van der Waals surface area contributed by atoms with E-state index in [1.165, 1.54) is 6.08 Å². The molecule has 0 aromatic rings. The maximum absolute atomic E-state index is 11.5. The van der Waals surface area contributed by atoms with Crippen molar-refractivity contribution in [1.29, 1.82) is 0 Å². The van der Waals surface area contributed by atoms with Crippen molar-refractivity contribution in [2.45, 2.75) is 66.3 Å². The Morgan fingerprint density at radius 3 is 2.50 bits per heavy atom. The van der Waals surface area contributed by atoms with E-state index in [2.05, 4.69) is 19.6 Å². The first-order valence-electron chi connectivity index (χ1n) is 10.3. The lowest BCUT2D eigenvalue weighted by Gasteiger charge is -2.31. The molecule has 28 heavy (non-hydrogen) atoms. The Morgan fingerprint density at radius 2 is 1.89 bits per heavy atom. The molecule has 0 saturated carbocycles. The molecule has 0 unspecified atom stereocenters. The highest BCUT2D eigenvalue weighted by molar-refractivity contribution is 5.83. The van der Waals surface area contributed by atoms with Gasteiger partial charge in [-0.15, -0.1) is 0 Å². The van der Waals surface area contributed by atoms with Gasteiger partial charge in [-0.05, 0) is 19.3 Å². The first-order valence-corrected chi connectivity index (χ1v) is 10.3. The summed E-state index contributed by atoms with van der Waals surface area (Å²) >= 11 is 0. The maximum Gasteiger partial charge on any atom is 0.330 e. The molecule has 0 bridgehead atoms. The number of allylic oxidation sites excluding steroid dienone is 3. The summed E-state index contributed by atoms with van der Waals surface area (Å²) in [7, 11) is 0. The molecule has 2 N–H and O–H groups in total. The SMILES string of the molecule is C=C/C=C\[C@H](C)[C@H](O)[C@@H](C)[C@H](O)[C@@H](C)C/C(C)=C\[C@H](C)[C@H]1OC(=O)C=C[C@@H]1C. The van der Waals surface area contributed by atoms with Crippen LogP contribution in [0.1, 0.15) is 48.0 Å². The minimum Gasteiger partial charge on any atom is -0.458 e. The minimum atomic E-state index is -0.619. The predicted octanol–water partition coefficient (Wildman–Crippen LogP) is 4.45. The third-order valence-electron chi connectivity index (χ3n) is 5.77. The highest BCUT2D eigenvalue weighted by Gasteiger charge is 2.30. The van der Waals surface area contributed by atoms with Crippen LogP contribution in [0.25, 0.3) is 0 Å². The van der Waals surface area contributed by atoms with Gasteiger partial charge >= 0.3 is 5.97 Å². The fraction of sp³-hybridized carbons (Fsp3) is 0.625. The average molecular weight is 391 g/mol. The van der Waals surface area contributed by atoms with E-state index < -0.39 is 12.2 Å². The number of ether oxygens (including phenoxy) is 1. The molecule has 1 heterocycles. The Balaban J connectivity index is 2.68. The Hall–Kier alpha value is -1.65. The second kappa shape index (κ2) is 11.4. The molecule has 1 aliphatic heterocycles. The Bertz CT molecular complexity index is 604. The van der Waals surface area contributed by atoms with Crippen molar-refractivity contribution >= 4 is 5.97 Å². The molecule has 0 aliphatic carbocycles. The average Bonchev–Trinajstić information content (AvgIpc) is 2.65. The van der Waals surface area contributed by atoms with E-state index in [4.69, 9.17) is 4.74 Å². The summed E-state index contributed by atoms with van der Waals surface area (Å²) in [5.41, 5.74) is 1.15. The molecule has 4 heteroatoms. The standard InChI is InChI=1S/C24H38O4/c1-8-9-10-16(3)22(26)20(7)23(27)18(5)13-15(2)14-19(6)24-17(4)11-12-21(25)28-24/h8-12,14,16-20,22-24,26-27H,1,13H2,2-7H3/b10-9-,15-14-/t16-,17-,18-,19-,20+,22-,23+,24-/m0/s1. The van der Waals surface area contributed by atoms with E-state index in [-0.39, 0.29) is 41.7 Å². The summed E-state index contributed by atoms with van der Waals surface area (Å²) < 4.78 is 5.48. The van der Waals surface area contributed by atoms with Crippen LogP contribution in [0.4, 0.5) is 0 Å². The van der Waals surface area contributed by atoms with Crippen molar-refractivity contribution in [3.05, 3.63) is 48.6 Å². The number of aliphatic hydroxyl groups excluding tert-OH is 2. The number of carbonyl (C=O) groups is 1. The first-order chi connectivity index (χ1) is 13.1. The topological polar surface area (TPSA) is 66.8 Å². The normalized spacial score (nSPS) is 27.0. The van der Waals surface area contributed by atoms with Crippen LogP contribution < -0.4 is 0 Å². The quantitative estimate of drug-likeness (QED) is 0.329. The van der Waals surface area contributed by atoms with Gasteiger partial charge in [-0.1, -0.05) is 77.2 Å². The zero-order valence-electron chi connectivity index (χ0n) is 18.2. The summed E-state index contributed by atoms with van der Waals surface area (Å²) in [4.78, 5) is 11.5. The molecule has 158 valence electrons. The minimum absolute atomic E-state index is 0.00918. The zero-order valence-corrected chi connectivity index (χ0v) is 18.2. The van der Waals surface area contributed by atoms with E-state index >= 15 is 0 Å². The van der Waals surface area contributed by atoms with Crippen LogP contribution in [0.3, 0.4) is 0 Å². The van der Waals surface area contributed by atoms with E-state index in [1.54, 1.807) is 6.08 Å². The molecule has 0 radical (unpaired) electrons. The second-order valence-corrected chi connectivity index (χ2v) is 8.49. The summed E-state index contributed by atoms with van der Waals surface area (Å²) in [5.74, 6) is -0.293. The van der Waals surface area contributed by atoms with E-state index in [1.807, 2.05) is 52.8 Å². The molecular weight excluding hydrogens is 352 g/mol. The number of esters is 1. The second-order valence-electron chi connectivity index (χ2n) is 8.49. The first kappa shape index (κ1) is 24.4. The highest BCUT2D eigenvalue weighted by Crippen LogP contribution is 2.28. The van der Waals surface area contributed by atoms with Crippen molar-refractivity contribution in [2.75, 3.05) is 0 Å². The van der Waals surface area contributed by atoms with Crippen molar-refractivity contribution in [1.82, 2.24) is 0 Å². The Kier molecular flexibility index (Phi) is 9.91. The molecule has 0 aromatic carbocycles. The molecule has 0 aromatic heterocycles. The number of rotatable bonds is 10. The Morgan fingerprint density at radius 1 is 1.25 bits per heavy atom. The van der Waals surface area contributed by atoms with Gasteiger partial charge in [-0.3, -0.25) is 0 Å². The van der Waals surface area contributed by atoms with Crippen LogP contribution in [0, 0.1) is 29.6 Å². The van der Waals surface area contributed by atoms with Gasteiger partial charge in [0.2, 0.25) is 0 Å². The molecular formula is C24H38O4. The van der Waals surface area contributed by atoms with E-state index in [0.717, 1.165) is 12.0 Å². The molecule has 1 rings (SSSR count).